The molecular weight excluding hydrogens is 606 g/mol. The van der Waals surface area contributed by atoms with E-state index in [9.17, 15) is 33.9 Å². The van der Waals surface area contributed by atoms with Crippen LogP contribution >= 0.6 is 0 Å². The van der Waals surface area contributed by atoms with Gasteiger partial charge >= 0.3 is 12.1 Å². The molecule has 13 nitrogen and oxygen atoms in total. The minimum Gasteiger partial charge on any atom is -0.481 e. The Balaban J connectivity index is 1.38. The Labute approximate surface area is 276 Å². The van der Waals surface area contributed by atoms with Crippen molar-refractivity contribution >= 4 is 35.4 Å². The third-order valence-electron chi connectivity index (χ3n) is 9.69. The average molecular weight is 656 g/mol. The standard InChI is InChI=1S/C34H49N5O8/c1-38(2)32(45)25(19-29(42)43)35-20-27(40)30(24-13-6-7-14-24)36-21-28(41)34(16-8-9-17-34)37-31(44)26-15-10-18-39(26)33(46)47-22-23-11-4-3-5-12-23/h3-5,11-12,24-26,30,35-36H,6-10,13-22H2,1-2H3,(H,37,44)(H,42,43)/t25-,26-,30-/m0/s1. The van der Waals surface area contributed by atoms with Gasteiger partial charge < -0.3 is 25.4 Å². The highest BCUT2D eigenvalue weighted by Crippen LogP contribution is 2.32. The number of aliphatic carboxylic acids is 1. The van der Waals surface area contributed by atoms with Crippen LogP contribution in [-0.2, 0) is 35.3 Å². The van der Waals surface area contributed by atoms with E-state index in [0.717, 1.165) is 44.1 Å². The summed E-state index contributed by atoms with van der Waals surface area (Å²) in [6.07, 6.45) is 6.10. The van der Waals surface area contributed by atoms with E-state index in [0.29, 0.717) is 32.2 Å². The number of carboxylic acid groups (broad SMARTS) is 1. The first-order valence-corrected chi connectivity index (χ1v) is 16.8. The lowest BCUT2D eigenvalue weighted by Crippen LogP contribution is -2.60. The molecule has 0 spiro atoms. The lowest BCUT2D eigenvalue weighted by Gasteiger charge is -2.33. The molecule has 2 aliphatic carbocycles. The molecule has 0 unspecified atom stereocenters. The van der Waals surface area contributed by atoms with Crippen LogP contribution in [0.4, 0.5) is 4.79 Å². The molecule has 4 N–H and O–H groups in total. The lowest BCUT2D eigenvalue weighted by atomic mass is 9.89. The minimum atomic E-state index is -1.16. The van der Waals surface area contributed by atoms with E-state index < -0.39 is 48.1 Å². The van der Waals surface area contributed by atoms with Gasteiger partial charge in [0, 0.05) is 20.6 Å². The highest BCUT2D eigenvalue weighted by atomic mass is 16.6. The average Bonchev–Trinajstić information content (AvgIpc) is 3.85. The number of hydrogen-bond acceptors (Lipinski definition) is 9. The number of nitrogens with one attached hydrogen (secondary N) is 3. The number of carboxylic acids is 1. The van der Waals surface area contributed by atoms with Crippen LogP contribution < -0.4 is 16.0 Å². The van der Waals surface area contributed by atoms with Crippen molar-refractivity contribution in [1.29, 1.82) is 0 Å². The van der Waals surface area contributed by atoms with Crippen LogP contribution in [0.3, 0.4) is 0 Å². The molecule has 13 heteroatoms. The van der Waals surface area contributed by atoms with Gasteiger partial charge in [-0.2, -0.15) is 0 Å². The summed E-state index contributed by atoms with van der Waals surface area (Å²) in [6, 6.07) is 6.85. The first-order valence-electron chi connectivity index (χ1n) is 16.8. The molecule has 1 heterocycles. The smallest absolute Gasteiger partial charge is 0.410 e. The fourth-order valence-corrected chi connectivity index (χ4v) is 7.10. The number of ether oxygens (including phenoxy) is 1. The van der Waals surface area contributed by atoms with Crippen LogP contribution in [0.5, 0.6) is 0 Å². The fraction of sp³-hybridized carbons (Fsp3) is 0.647. The van der Waals surface area contributed by atoms with Gasteiger partial charge in [-0.15, -0.1) is 0 Å². The predicted octanol–water partition coefficient (Wildman–Crippen LogP) is 2.02. The number of Topliss-reactive ketones (excluding diaryl/α,β-unsaturated/α-hetero) is 2. The Kier molecular flexibility index (Phi) is 12.9. The molecule has 0 aromatic heterocycles. The van der Waals surface area contributed by atoms with E-state index >= 15 is 0 Å². The Bertz CT molecular complexity index is 1280. The van der Waals surface area contributed by atoms with Gasteiger partial charge in [-0.3, -0.25) is 34.2 Å². The van der Waals surface area contributed by atoms with Crippen molar-refractivity contribution in [3.8, 4) is 0 Å². The van der Waals surface area contributed by atoms with Gasteiger partial charge in [0.25, 0.3) is 0 Å². The molecule has 3 amide bonds. The first kappa shape index (κ1) is 36.0. The fourth-order valence-electron chi connectivity index (χ4n) is 7.10. The van der Waals surface area contributed by atoms with E-state index in [4.69, 9.17) is 4.74 Å². The van der Waals surface area contributed by atoms with E-state index in [1.807, 2.05) is 30.3 Å². The molecule has 258 valence electrons. The van der Waals surface area contributed by atoms with Crippen LogP contribution in [0.15, 0.2) is 30.3 Å². The summed E-state index contributed by atoms with van der Waals surface area (Å²) in [5.74, 6) is -2.43. The van der Waals surface area contributed by atoms with Crippen molar-refractivity contribution in [3.63, 3.8) is 0 Å². The molecule has 3 aliphatic rings. The summed E-state index contributed by atoms with van der Waals surface area (Å²) < 4.78 is 5.49. The molecule has 1 aliphatic heterocycles. The van der Waals surface area contributed by atoms with Crippen LogP contribution in [0.1, 0.15) is 76.2 Å². The van der Waals surface area contributed by atoms with E-state index in [2.05, 4.69) is 16.0 Å². The van der Waals surface area contributed by atoms with E-state index in [1.54, 1.807) is 0 Å². The van der Waals surface area contributed by atoms with Crippen LogP contribution in [0, 0.1) is 5.92 Å². The molecule has 0 bridgehead atoms. The van der Waals surface area contributed by atoms with Crippen molar-refractivity contribution < 1.29 is 38.6 Å². The Morgan fingerprint density at radius 2 is 1.62 bits per heavy atom. The van der Waals surface area contributed by atoms with E-state index in [-0.39, 0.29) is 43.1 Å². The monoisotopic (exact) mass is 655 g/mol. The number of carbonyl (C=O) groups excluding carboxylic acids is 5. The molecule has 1 aromatic carbocycles. The van der Waals surface area contributed by atoms with Gasteiger partial charge in [0.2, 0.25) is 11.8 Å². The number of nitrogens with zero attached hydrogens (tertiary/aromatic N) is 2. The Morgan fingerprint density at radius 1 is 0.936 bits per heavy atom. The summed E-state index contributed by atoms with van der Waals surface area (Å²) in [5.41, 5.74) is -0.255. The molecule has 3 atom stereocenters. The molecule has 3 fully saturated rings. The lowest BCUT2D eigenvalue weighted by molar-refractivity contribution is -0.142. The van der Waals surface area contributed by atoms with E-state index in [1.165, 1.54) is 23.9 Å². The molecule has 0 radical (unpaired) electrons. The second kappa shape index (κ2) is 16.8. The number of carbonyl (C=O) groups is 6. The van der Waals surface area contributed by atoms with Crippen LogP contribution in [0.25, 0.3) is 0 Å². The largest absolute Gasteiger partial charge is 0.481 e. The quantitative estimate of drug-likeness (QED) is 0.206. The maximum atomic E-state index is 13.9. The van der Waals surface area contributed by atoms with Crippen LogP contribution in [0.2, 0.25) is 0 Å². The maximum Gasteiger partial charge on any atom is 0.410 e. The molecule has 1 aromatic rings. The van der Waals surface area contributed by atoms with Gasteiger partial charge in [-0.1, -0.05) is 56.0 Å². The Morgan fingerprint density at radius 3 is 2.26 bits per heavy atom. The van der Waals surface area contributed by atoms with Gasteiger partial charge in [-0.25, -0.2) is 4.79 Å². The van der Waals surface area contributed by atoms with Crippen LogP contribution in [-0.4, -0.2) is 108 Å². The summed E-state index contributed by atoms with van der Waals surface area (Å²) in [5, 5.41) is 18.3. The van der Waals surface area contributed by atoms with Gasteiger partial charge in [0.05, 0.1) is 37.1 Å². The normalized spacial score (nSPS) is 20.4. The maximum absolute atomic E-state index is 13.9. The van der Waals surface area contributed by atoms with Crippen molar-refractivity contribution in [2.75, 3.05) is 33.7 Å². The van der Waals surface area contributed by atoms with Crippen molar-refractivity contribution in [1.82, 2.24) is 25.8 Å². The third kappa shape index (κ3) is 9.60. The highest BCUT2D eigenvalue weighted by Gasteiger charge is 2.45. The Hall–Kier alpha value is -3.84. The SMILES string of the molecule is CN(C)C(=O)[C@H](CC(=O)O)NCC(=O)[C@@H](NCC(=O)C1(NC(=O)[C@@H]2CCCN2C(=O)OCc2ccccc2)CCCC1)C1CCCC1. The predicted molar refractivity (Wildman–Crippen MR) is 172 cm³/mol. The number of amides is 3. The molecule has 4 rings (SSSR count). The number of hydrogen-bond donors (Lipinski definition) is 4. The summed E-state index contributed by atoms with van der Waals surface area (Å²) in [4.78, 5) is 80.5. The number of ketones is 2. The second-order valence-electron chi connectivity index (χ2n) is 13.2. The number of likely N-dealkylation sites (tertiary alicyclic amines) is 1. The topological polar surface area (TPSA) is 174 Å². The number of rotatable bonds is 16. The zero-order valence-electron chi connectivity index (χ0n) is 27.5. The second-order valence-corrected chi connectivity index (χ2v) is 13.2. The molecule has 1 saturated heterocycles. The van der Waals surface area contributed by atoms with Crippen molar-refractivity contribution in [3.05, 3.63) is 35.9 Å². The summed E-state index contributed by atoms with van der Waals surface area (Å²) in [6.45, 7) is 0.136. The summed E-state index contributed by atoms with van der Waals surface area (Å²) in [7, 11) is 3.05. The number of likely N-dealkylation sites (N-methyl/N-ethyl adjacent to an activating group) is 1. The van der Waals surface area contributed by atoms with Gasteiger partial charge in [-0.05, 0) is 50.0 Å². The molecule has 2 saturated carbocycles. The number of benzene rings is 1. The molecule has 47 heavy (non-hydrogen) atoms. The van der Waals surface area contributed by atoms with Crippen molar-refractivity contribution in [2.24, 2.45) is 5.92 Å². The first-order chi connectivity index (χ1) is 22.5. The molecular formula is C34H49N5O8. The zero-order valence-corrected chi connectivity index (χ0v) is 27.5. The third-order valence-corrected chi connectivity index (χ3v) is 9.69. The highest BCUT2D eigenvalue weighted by molar-refractivity contribution is 5.97. The summed E-state index contributed by atoms with van der Waals surface area (Å²) >= 11 is 0. The van der Waals surface area contributed by atoms with Gasteiger partial charge in [0.1, 0.15) is 12.6 Å². The van der Waals surface area contributed by atoms with Crippen molar-refractivity contribution in [2.45, 2.75) is 101 Å². The minimum absolute atomic E-state index is 0.00244. The zero-order chi connectivity index (χ0) is 34.0. The van der Waals surface area contributed by atoms with Gasteiger partial charge in [0.15, 0.2) is 11.6 Å².